The Hall–Kier alpha value is -5.12. The molecule has 0 aliphatic rings. The molecular weight excluding hydrogens is 540 g/mol. The van der Waals surface area contributed by atoms with Crippen LogP contribution in [0.2, 0.25) is 0 Å². The molecule has 0 atom stereocenters. The maximum atomic E-state index is 10.8. The molecule has 0 saturated heterocycles. The lowest BCUT2D eigenvalue weighted by Crippen LogP contribution is -2.23. The number of benzene rings is 3. The monoisotopic (exact) mass is 582 g/mol. The summed E-state index contributed by atoms with van der Waals surface area (Å²) in [6.07, 6.45) is 14.4. The van der Waals surface area contributed by atoms with Gasteiger partial charge in [-0.3, -0.25) is 0 Å². The quantitative estimate of drug-likeness (QED) is 0.0468. The molecule has 0 saturated carbocycles. The Kier molecular flexibility index (Phi) is 9.36. The van der Waals surface area contributed by atoms with Crippen LogP contribution in [0, 0.1) is 6.92 Å². The molecule has 0 fully saturated rings. The van der Waals surface area contributed by atoms with Gasteiger partial charge in [-0.15, -0.1) is 0 Å². The highest BCUT2D eigenvalue weighted by molar-refractivity contribution is 5.80. The van der Waals surface area contributed by atoms with Gasteiger partial charge in [-0.05, 0) is 61.5 Å². The van der Waals surface area contributed by atoms with Crippen LogP contribution in [0.1, 0.15) is 18.4 Å². The predicted octanol–water partition coefficient (Wildman–Crippen LogP) is 5.15. The first kappa shape index (κ1) is 29.4. The van der Waals surface area contributed by atoms with E-state index in [1.807, 2.05) is 84.2 Å². The Morgan fingerprint density at radius 1 is 0.628 bits per heavy atom. The van der Waals surface area contributed by atoms with Crippen molar-refractivity contribution in [3.05, 3.63) is 97.6 Å². The number of rotatable bonds is 14. The summed E-state index contributed by atoms with van der Waals surface area (Å²) in [5.41, 5.74) is 5.14. The molecule has 2 heterocycles. The number of aromatic nitrogens is 4. The van der Waals surface area contributed by atoms with E-state index in [2.05, 4.69) is 55.4 Å². The lowest BCUT2D eigenvalue weighted by atomic mass is 10.1. The van der Waals surface area contributed by atoms with Crippen LogP contribution in [0.3, 0.4) is 0 Å². The highest BCUT2D eigenvalue weighted by Crippen LogP contribution is 2.42. The molecule has 0 bridgehead atoms. The van der Waals surface area contributed by atoms with Crippen LogP contribution in [-0.4, -0.2) is 32.4 Å². The molecule has 43 heavy (non-hydrogen) atoms. The Morgan fingerprint density at radius 2 is 1.02 bits per heavy atom. The molecule has 3 aromatic carbocycles. The Labute approximate surface area is 252 Å². The molecule has 5 aromatic rings. The minimum Gasteiger partial charge on any atom is -0.505 e. The van der Waals surface area contributed by atoms with Gasteiger partial charge < -0.3 is 31.5 Å². The van der Waals surface area contributed by atoms with Crippen molar-refractivity contribution in [1.82, 2.24) is 9.13 Å². The normalized spacial score (nSPS) is 11.0. The molecule has 0 unspecified atom stereocenters. The fourth-order valence-electron chi connectivity index (χ4n) is 4.90. The number of imidazole rings is 2. The number of anilines is 6. The molecule has 10 heteroatoms. The van der Waals surface area contributed by atoms with Gasteiger partial charge >= 0.3 is 0 Å². The molecule has 0 spiro atoms. The second kappa shape index (κ2) is 13.7. The first-order chi connectivity index (χ1) is 20.8. The highest BCUT2D eigenvalue weighted by Gasteiger charge is 2.15. The zero-order valence-corrected chi connectivity index (χ0v) is 25.1. The van der Waals surface area contributed by atoms with Gasteiger partial charge in [-0.25, -0.2) is 18.3 Å². The van der Waals surface area contributed by atoms with Crippen molar-refractivity contribution in [3.8, 4) is 11.5 Å². The number of aromatic hydroxyl groups is 2. The molecule has 0 aliphatic carbocycles. The van der Waals surface area contributed by atoms with Crippen LogP contribution >= 0.6 is 0 Å². The van der Waals surface area contributed by atoms with Gasteiger partial charge in [-0.2, -0.15) is 0 Å². The molecule has 10 nitrogen and oxygen atoms in total. The Bertz CT molecular complexity index is 1510. The van der Waals surface area contributed by atoms with Gasteiger partial charge in [0.15, 0.2) is 0 Å². The zero-order chi connectivity index (χ0) is 30.2. The molecule has 2 aromatic heterocycles. The molecule has 5 rings (SSSR count). The number of phenolic OH excluding ortho intramolecular Hbond substituents is 2. The standard InChI is InChI=1S/C33H40N8O2/c1-25-32(42)30(36-28-10-6-26(7-11-28)34-14-4-16-40-20-18-38(2)23-40)22-31(33(25)43)37-29-12-8-27(9-13-29)35-15-5-17-41-21-19-39(3)24-41/h6-13,18-24,34-37H,4-5,14-17H2,1-3H3/p+2. The van der Waals surface area contributed by atoms with Gasteiger partial charge in [0.2, 0.25) is 12.7 Å². The summed E-state index contributed by atoms with van der Waals surface area (Å²) < 4.78 is 8.42. The maximum absolute atomic E-state index is 10.8. The van der Waals surface area contributed by atoms with Crippen LogP contribution in [0.15, 0.2) is 92.0 Å². The fourth-order valence-corrected chi connectivity index (χ4v) is 4.90. The first-order valence-electron chi connectivity index (χ1n) is 14.6. The largest absolute Gasteiger partial charge is 0.505 e. The van der Waals surface area contributed by atoms with Crippen molar-refractivity contribution in [2.24, 2.45) is 14.1 Å². The average molecular weight is 583 g/mol. The summed E-state index contributed by atoms with van der Waals surface area (Å²) in [5.74, 6) is 0.0220. The number of nitrogens with one attached hydrogen (secondary N) is 4. The van der Waals surface area contributed by atoms with Gasteiger partial charge in [0.25, 0.3) is 0 Å². The van der Waals surface area contributed by atoms with E-state index in [-0.39, 0.29) is 11.5 Å². The van der Waals surface area contributed by atoms with Gasteiger partial charge in [0.05, 0.1) is 38.6 Å². The molecule has 6 N–H and O–H groups in total. The van der Waals surface area contributed by atoms with E-state index in [1.54, 1.807) is 13.0 Å². The summed E-state index contributed by atoms with van der Waals surface area (Å²) in [6.45, 7) is 5.35. The summed E-state index contributed by atoms with van der Waals surface area (Å²) in [6, 6.07) is 17.6. The maximum Gasteiger partial charge on any atom is 0.243 e. The van der Waals surface area contributed by atoms with Gasteiger partial charge in [-0.1, -0.05) is 0 Å². The second-order valence-electron chi connectivity index (χ2n) is 10.9. The number of hydrogen-bond acceptors (Lipinski definition) is 6. The summed E-state index contributed by atoms with van der Waals surface area (Å²) in [5, 5.41) is 35.0. The van der Waals surface area contributed by atoms with E-state index >= 15 is 0 Å². The number of hydrogen-bond donors (Lipinski definition) is 6. The Balaban J connectivity index is 1.14. The second-order valence-corrected chi connectivity index (χ2v) is 10.9. The van der Waals surface area contributed by atoms with E-state index < -0.39 is 0 Å². The number of phenols is 2. The fraction of sp³-hybridized carbons (Fsp3) is 0.273. The minimum atomic E-state index is 0.0110. The van der Waals surface area contributed by atoms with Crippen LogP contribution in [0.4, 0.5) is 34.1 Å². The van der Waals surface area contributed by atoms with Gasteiger partial charge in [0.1, 0.15) is 36.3 Å². The van der Waals surface area contributed by atoms with Gasteiger partial charge in [0, 0.05) is 54.2 Å². The van der Waals surface area contributed by atoms with Crippen molar-refractivity contribution in [2.75, 3.05) is 34.4 Å². The lowest BCUT2D eigenvalue weighted by molar-refractivity contribution is -0.671. The molecule has 0 amide bonds. The smallest absolute Gasteiger partial charge is 0.243 e. The highest BCUT2D eigenvalue weighted by atomic mass is 16.3. The molecular formula is C33H42N8O2+2. The van der Waals surface area contributed by atoms with E-state index in [9.17, 15) is 10.2 Å². The summed E-state index contributed by atoms with van der Waals surface area (Å²) >= 11 is 0. The molecule has 0 aliphatic heterocycles. The number of nitrogens with zero attached hydrogens (tertiary/aromatic N) is 4. The first-order valence-corrected chi connectivity index (χ1v) is 14.6. The summed E-state index contributed by atoms with van der Waals surface area (Å²) in [4.78, 5) is 0. The third-order valence-electron chi connectivity index (χ3n) is 7.33. The number of aryl methyl sites for hydroxylation is 4. The Morgan fingerprint density at radius 3 is 1.40 bits per heavy atom. The van der Waals surface area contributed by atoms with E-state index in [0.29, 0.717) is 16.9 Å². The average Bonchev–Trinajstić information content (AvgIpc) is 3.63. The van der Waals surface area contributed by atoms with Crippen LogP contribution in [0.5, 0.6) is 11.5 Å². The third kappa shape index (κ3) is 8.00. The van der Waals surface area contributed by atoms with Crippen molar-refractivity contribution in [2.45, 2.75) is 32.9 Å². The van der Waals surface area contributed by atoms with E-state index in [4.69, 9.17) is 0 Å². The topological polar surface area (TPSA) is 106 Å². The van der Waals surface area contributed by atoms with Crippen molar-refractivity contribution >= 4 is 34.1 Å². The van der Waals surface area contributed by atoms with Crippen molar-refractivity contribution in [1.29, 1.82) is 0 Å². The predicted molar refractivity (Wildman–Crippen MR) is 171 cm³/mol. The zero-order valence-electron chi connectivity index (χ0n) is 25.1. The van der Waals surface area contributed by atoms with E-state index in [1.165, 1.54) is 0 Å². The molecule has 224 valence electrons. The minimum absolute atomic E-state index is 0.0110. The van der Waals surface area contributed by atoms with Crippen LogP contribution in [-0.2, 0) is 27.2 Å². The third-order valence-corrected chi connectivity index (χ3v) is 7.33. The van der Waals surface area contributed by atoms with Crippen molar-refractivity contribution < 1.29 is 19.3 Å². The van der Waals surface area contributed by atoms with Crippen LogP contribution < -0.4 is 30.4 Å². The molecule has 0 radical (unpaired) electrons. The summed E-state index contributed by atoms with van der Waals surface area (Å²) in [7, 11) is 4.04. The van der Waals surface area contributed by atoms with Crippen LogP contribution in [0.25, 0.3) is 0 Å². The van der Waals surface area contributed by atoms with Crippen molar-refractivity contribution in [3.63, 3.8) is 0 Å². The van der Waals surface area contributed by atoms with E-state index in [0.717, 1.165) is 61.8 Å². The SMILES string of the molecule is Cc1c(O)c(Nc2ccc(NCCCn3cc[n+](C)c3)cc2)cc(Nc2ccc(NCCCn3cc[n+](C)c3)cc2)c1O. The lowest BCUT2D eigenvalue weighted by Gasteiger charge is -2.17.